The van der Waals surface area contributed by atoms with Crippen molar-refractivity contribution >= 4 is 22.1 Å². The first-order chi connectivity index (χ1) is 11.3. The minimum absolute atomic E-state index is 0. The molecule has 13 N–H and O–H groups in total. The summed E-state index contributed by atoms with van der Waals surface area (Å²) in [6.45, 7) is 2.08. The van der Waals surface area contributed by atoms with E-state index >= 15 is 0 Å². The van der Waals surface area contributed by atoms with Crippen LogP contribution >= 0.6 is 0 Å². The first-order valence-electron chi connectivity index (χ1n) is 7.70. The molecule has 150 valence electrons. The van der Waals surface area contributed by atoms with Crippen molar-refractivity contribution in [1.29, 1.82) is 0 Å². The minimum Gasteiger partial charge on any atom is -0.490 e. The Morgan fingerprint density at radius 3 is 2.22 bits per heavy atom. The third kappa shape index (κ3) is 6.41. The average Bonchev–Trinajstić information content (AvgIpc) is 2.58. The van der Waals surface area contributed by atoms with Crippen LogP contribution in [0.5, 0.6) is 5.75 Å². The monoisotopic (exact) mass is 379 g/mol. The molecule has 0 amide bonds. The maximum atomic E-state index is 5.88. The lowest BCUT2D eigenvalue weighted by molar-refractivity contribution is 0.315. The summed E-state index contributed by atoms with van der Waals surface area (Å²) in [7, 11) is 0. The number of para-hydroxylation sites is 1. The SMILES string of the molecule is Nc1cccc(OCCNCc2cccc3ccccc23)c1N.O.O.O.O. The van der Waals surface area contributed by atoms with Gasteiger partial charge in [0.25, 0.3) is 0 Å². The summed E-state index contributed by atoms with van der Waals surface area (Å²) < 4.78 is 5.68. The highest BCUT2D eigenvalue weighted by atomic mass is 16.5. The summed E-state index contributed by atoms with van der Waals surface area (Å²) in [6.07, 6.45) is 0. The van der Waals surface area contributed by atoms with Crippen LogP contribution in [0.25, 0.3) is 10.8 Å². The van der Waals surface area contributed by atoms with Crippen molar-refractivity contribution in [3.8, 4) is 5.75 Å². The zero-order valence-corrected chi connectivity index (χ0v) is 15.0. The first-order valence-corrected chi connectivity index (χ1v) is 7.70. The van der Waals surface area contributed by atoms with E-state index in [4.69, 9.17) is 16.2 Å². The van der Waals surface area contributed by atoms with Gasteiger partial charge in [-0.2, -0.15) is 0 Å². The summed E-state index contributed by atoms with van der Waals surface area (Å²) in [5.41, 5.74) is 14.0. The van der Waals surface area contributed by atoms with E-state index < -0.39 is 0 Å². The van der Waals surface area contributed by atoms with Crippen LogP contribution in [0.3, 0.4) is 0 Å². The Morgan fingerprint density at radius 1 is 0.778 bits per heavy atom. The number of nitrogens with one attached hydrogen (secondary N) is 1. The lowest BCUT2D eigenvalue weighted by Gasteiger charge is -2.11. The van der Waals surface area contributed by atoms with Crippen LogP contribution < -0.4 is 21.5 Å². The van der Waals surface area contributed by atoms with E-state index in [2.05, 4.69) is 47.8 Å². The predicted molar refractivity (Wildman–Crippen MR) is 111 cm³/mol. The molecule has 0 unspecified atom stereocenters. The lowest BCUT2D eigenvalue weighted by atomic mass is 10.0. The van der Waals surface area contributed by atoms with Gasteiger partial charge in [-0.1, -0.05) is 48.5 Å². The molecule has 27 heavy (non-hydrogen) atoms. The molecule has 0 heterocycles. The molecule has 0 aromatic heterocycles. The van der Waals surface area contributed by atoms with Gasteiger partial charge < -0.3 is 43.4 Å². The van der Waals surface area contributed by atoms with Crippen molar-refractivity contribution in [2.75, 3.05) is 24.6 Å². The average molecular weight is 379 g/mol. The molecule has 0 aliphatic carbocycles. The van der Waals surface area contributed by atoms with Crippen molar-refractivity contribution in [1.82, 2.24) is 5.32 Å². The minimum atomic E-state index is 0. The summed E-state index contributed by atoms with van der Waals surface area (Å²) in [5, 5.41) is 5.94. The van der Waals surface area contributed by atoms with Crippen molar-refractivity contribution in [2.45, 2.75) is 6.54 Å². The molecule has 0 spiro atoms. The normalized spacial score (nSPS) is 9.19. The molecule has 3 rings (SSSR count). The van der Waals surface area contributed by atoms with E-state index in [0.717, 1.165) is 13.1 Å². The Bertz CT molecular complexity index is 809. The second-order valence-electron chi connectivity index (χ2n) is 5.42. The molecule has 0 radical (unpaired) electrons. The number of anilines is 2. The van der Waals surface area contributed by atoms with E-state index in [1.54, 1.807) is 6.07 Å². The van der Waals surface area contributed by atoms with Gasteiger partial charge >= 0.3 is 0 Å². The third-order valence-electron chi connectivity index (χ3n) is 3.83. The molecule has 0 saturated heterocycles. The van der Waals surface area contributed by atoms with Crippen LogP contribution in [0, 0.1) is 0 Å². The molecule has 3 aromatic rings. The van der Waals surface area contributed by atoms with Gasteiger partial charge in [-0.3, -0.25) is 0 Å². The molecule has 0 saturated carbocycles. The molecular formula is C19H29N3O5. The van der Waals surface area contributed by atoms with Crippen molar-refractivity contribution in [3.05, 3.63) is 66.2 Å². The van der Waals surface area contributed by atoms with Crippen LogP contribution in [0.15, 0.2) is 60.7 Å². The number of hydrogen-bond acceptors (Lipinski definition) is 4. The zero-order valence-electron chi connectivity index (χ0n) is 15.0. The largest absolute Gasteiger partial charge is 0.490 e. The molecule has 8 heteroatoms. The van der Waals surface area contributed by atoms with Gasteiger partial charge in [0.15, 0.2) is 0 Å². The topological polar surface area (TPSA) is 199 Å². The fraction of sp³-hybridized carbons (Fsp3) is 0.158. The van der Waals surface area contributed by atoms with Crippen molar-refractivity contribution in [3.63, 3.8) is 0 Å². The Labute approximate surface area is 158 Å². The van der Waals surface area contributed by atoms with E-state index in [9.17, 15) is 0 Å². The lowest BCUT2D eigenvalue weighted by Crippen LogP contribution is -2.21. The van der Waals surface area contributed by atoms with Gasteiger partial charge in [-0.05, 0) is 28.5 Å². The molecular weight excluding hydrogens is 350 g/mol. The molecule has 0 aliphatic heterocycles. The van der Waals surface area contributed by atoms with Gasteiger partial charge in [-0.15, -0.1) is 0 Å². The molecule has 0 fully saturated rings. The maximum absolute atomic E-state index is 5.88. The summed E-state index contributed by atoms with van der Waals surface area (Å²) in [6, 6.07) is 20.2. The highest BCUT2D eigenvalue weighted by Gasteiger charge is 2.03. The molecule has 0 aliphatic rings. The molecule has 3 aromatic carbocycles. The molecule has 0 atom stereocenters. The zero-order chi connectivity index (χ0) is 16.1. The third-order valence-corrected chi connectivity index (χ3v) is 3.83. The van der Waals surface area contributed by atoms with Crippen LogP contribution in [0.4, 0.5) is 11.4 Å². The summed E-state index contributed by atoms with van der Waals surface area (Å²) in [4.78, 5) is 0. The number of hydrogen-bond donors (Lipinski definition) is 3. The number of rotatable bonds is 6. The summed E-state index contributed by atoms with van der Waals surface area (Å²) >= 11 is 0. The summed E-state index contributed by atoms with van der Waals surface area (Å²) in [5.74, 6) is 0.636. The number of benzene rings is 3. The Balaban J connectivity index is 0. The standard InChI is InChI=1S/C19H21N3O.4H2O/c20-17-9-4-10-18(19(17)21)23-12-11-22-13-15-7-3-6-14-5-1-2-8-16(14)15;;;;/h1-10,22H,11-13,20-21H2;4*1H2. The van der Waals surface area contributed by atoms with Gasteiger partial charge in [0.05, 0.1) is 11.4 Å². The molecule has 0 bridgehead atoms. The van der Waals surface area contributed by atoms with Crippen molar-refractivity contribution in [2.24, 2.45) is 0 Å². The second kappa shape index (κ2) is 12.5. The highest BCUT2D eigenvalue weighted by molar-refractivity contribution is 5.85. The van der Waals surface area contributed by atoms with E-state index in [-0.39, 0.29) is 21.9 Å². The van der Waals surface area contributed by atoms with Crippen LogP contribution in [0.2, 0.25) is 0 Å². The van der Waals surface area contributed by atoms with Gasteiger partial charge in [0.2, 0.25) is 0 Å². The van der Waals surface area contributed by atoms with E-state index in [0.29, 0.717) is 23.7 Å². The van der Waals surface area contributed by atoms with Crippen molar-refractivity contribution < 1.29 is 26.6 Å². The Hall–Kier alpha value is -2.88. The number of ether oxygens (including phenoxy) is 1. The van der Waals surface area contributed by atoms with Crippen LogP contribution in [0.1, 0.15) is 5.56 Å². The van der Waals surface area contributed by atoms with Crippen LogP contribution in [-0.2, 0) is 6.54 Å². The van der Waals surface area contributed by atoms with E-state index in [1.807, 2.05) is 12.1 Å². The fourth-order valence-electron chi connectivity index (χ4n) is 2.59. The Kier molecular flexibility index (Phi) is 12.2. The second-order valence-corrected chi connectivity index (χ2v) is 5.42. The fourth-order valence-corrected chi connectivity index (χ4v) is 2.59. The van der Waals surface area contributed by atoms with Gasteiger partial charge in [0.1, 0.15) is 12.4 Å². The smallest absolute Gasteiger partial charge is 0.144 e. The highest BCUT2D eigenvalue weighted by Crippen LogP contribution is 2.26. The number of fused-ring (bicyclic) bond motifs is 1. The number of nitrogens with two attached hydrogens (primary N) is 2. The number of nitrogen functional groups attached to an aromatic ring is 2. The predicted octanol–water partition coefficient (Wildman–Crippen LogP) is -0.126. The van der Waals surface area contributed by atoms with Gasteiger partial charge in [0, 0.05) is 13.1 Å². The van der Waals surface area contributed by atoms with Crippen LogP contribution in [-0.4, -0.2) is 35.1 Å². The maximum Gasteiger partial charge on any atom is 0.144 e. The van der Waals surface area contributed by atoms with Gasteiger partial charge in [-0.25, -0.2) is 0 Å². The quantitative estimate of drug-likeness (QED) is 0.396. The Morgan fingerprint density at radius 2 is 1.44 bits per heavy atom. The first kappa shape index (κ1) is 26.4. The van der Waals surface area contributed by atoms with E-state index in [1.165, 1.54) is 16.3 Å². The molecule has 8 nitrogen and oxygen atoms in total.